The molecule has 2 rings (SSSR count). The van der Waals surface area contributed by atoms with E-state index in [4.69, 9.17) is 0 Å². The Morgan fingerprint density at radius 1 is 0.926 bits per heavy atom. The van der Waals surface area contributed by atoms with E-state index in [2.05, 4.69) is 0 Å². The van der Waals surface area contributed by atoms with Gasteiger partial charge in [0, 0.05) is 6.54 Å². The smallest absolute Gasteiger partial charge is 0.416 e. The first kappa shape index (κ1) is 20.5. The zero-order valence-electron chi connectivity index (χ0n) is 15.0. The van der Waals surface area contributed by atoms with Crippen LogP contribution >= 0.6 is 0 Å². The van der Waals surface area contributed by atoms with Crippen molar-refractivity contribution in [3.8, 4) is 0 Å². The Morgan fingerprint density at radius 2 is 1.48 bits per heavy atom. The number of carbonyl (C=O) groups excluding carboxylic acids is 1. The summed E-state index contributed by atoms with van der Waals surface area (Å²) in [4.78, 5) is 25.6. The second-order valence-electron chi connectivity index (χ2n) is 6.70. The van der Waals surface area contributed by atoms with Crippen molar-refractivity contribution in [2.24, 2.45) is 0 Å². The number of alkyl halides is 3. The highest BCUT2D eigenvalue weighted by Gasteiger charge is 2.38. The van der Waals surface area contributed by atoms with Gasteiger partial charge in [0.2, 0.25) is 5.91 Å². The summed E-state index contributed by atoms with van der Waals surface area (Å²) in [6.45, 7) is 2.67. The summed E-state index contributed by atoms with van der Waals surface area (Å²) in [5.74, 6) is -1.62. The third-order valence-corrected chi connectivity index (χ3v) is 4.32. The molecule has 0 fully saturated rings. The Labute approximate surface area is 155 Å². The van der Waals surface area contributed by atoms with Crippen LogP contribution in [0, 0.1) is 0 Å². The molecule has 0 atom stereocenters. The highest BCUT2D eigenvalue weighted by atomic mass is 19.4. The van der Waals surface area contributed by atoms with Crippen LogP contribution < -0.4 is 0 Å². The summed E-state index contributed by atoms with van der Waals surface area (Å²) >= 11 is 0. The minimum atomic E-state index is -4.46. The average molecular weight is 379 g/mol. The molecule has 1 N–H and O–H groups in total. The first-order chi connectivity index (χ1) is 12.5. The number of hydrogen-bond donors (Lipinski definition) is 1. The van der Waals surface area contributed by atoms with Gasteiger partial charge >= 0.3 is 12.1 Å². The van der Waals surface area contributed by atoms with Crippen molar-refractivity contribution in [3.05, 3.63) is 71.3 Å². The molecule has 4 nitrogen and oxygen atoms in total. The third-order valence-electron chi connectivity index (χ3n) is 4.32. The van der Waals surface area contributed by atoms with Gasteiger partial charge in [-0.15, -0.1) is 0 Å². The van der Waals surface area contributed by atoms with Crippen LogP contribution in [-0.2, 0) is 28.7 Å². The number of benzene rings is 2. The number of rotatable bonds is 6. The molecule has 0 bridgehead atoms. The minimum Gasteiger partial charge on any atom is -0.480 e. The quantitative estimate of drug-likeness (QED) is 0.821. The maximum Gasteiger partial charge on any atom is 0.416 e. The third kappa shape index (κ3) is 5.09. The minimum absolute atomic E-state index is 0.00180. The van der Waals surface area contributed by atoms with Crippen LogP contribution in [0.15, 0.2) is 54.6 Å². The fraction of sp³-hybridized carbons (Fsp3) is 0.300. The number of halogens is 3. The number of amides is 1. The van der Waals surface area contributed by atoms with E-state index in [-0.39, 0.29) is 13.0 Å². The Bertz CT molecular complexity index is 799. The van der Waals surface area contributed by atoms with Crippen LogP contribution in [0.3, 0.4) is 0 Å². The maximum atomic E-state index is 12.8. The van der Waals surface area contributed by atoms with Crippen molar-refractivity contribution in [1.29, 1.82) is 0 Å². The molecule has 2 aromatic rings. The molecule has 0 spiro atoms. The molecule has 2 aromatic carbocycles. The van der Waals surface area contributed by atoms with Gasteiger partial charge in [-0.25, -0.2) is 4.79 Å². The van der Waals surface area contributed by atoms with Crippen LogP contribution in [0.5, 0.6) is 0 Å². The van der Waals surface area contributed by atoms with Crippen molar-refractivity contribution >= 4 is 11.9 Å². The Kier molecular flexibility index (Phi) is 5.93. The van der Waals surface area contributed by atoms with E-state index in [1.54, 1.807) is 30.3 Å². The SMILES string of the molecule is CC(C)(C(=O)O)N(Cc1ccc(C(F)(F)F)cc1)C(=O)Cc1ccccc1. The van der Waals surface area contributed by atoms with E-state index in [1.165, 1.54) is 30.9 Å². The second-order valence-corrected chi connectivity index (χ2v) is 6.70. The van der Waals surface area contributed by atoms with Gasteiger partial charge in [-0.1, -0.05) is 42.5 Å². The summed E-state index contributed by atoms with van der Waals surface area (Å²) in [5.41, 5.74) is -1.18. The van der Waals surface area contributed by atoms with Gasteiger partial charge in [0.25, 0.3) is 0 Å². The topological polar surface area (TPSA) is 57.6 Å². The lowest BCUT2D eigenvalue weighted by molar-refractivity contribution is -0.157. The lowest BCUT2D eigenvalue weighted by Gasteiger charge is -2.35. The van der Waals surface area contributed by atoms with Crippen LogP contribution in [-0.4, -0.2) is 27.4 Å². The van der Waals surface area contributed by atoms with Crippen molar-refractivity contribution in [3.63, 3.8) is 0 Å². The van der Waals surface area contributed by atoms with Gasteiger partial charge in [0.15, 0.2) is 0 Å². The highest BCUT2D eigenvalue weighted by molar-refractivity contribution is 5.87. The Balaban J connectivity index is 2.27. The van der Waals surface area contributed by atoms with Crippen LogP contribution in [0.25, 0.3) is 0 Å². The largest absolute Gasteiger partial charge is 0.480 e. The number of aliphatic carboxylic acids is 1. The molecule has 144 valence electrons. The van der Waals surface area contributed by atoms with Crippen LogP contribution in [0.4, 0.5) is 13.2 Å². The predicted octanol–water partition coefficient (Wildman–Crippen LogP) is 4.14. The van der Waals surface area contributed by atoms with Gasteiger partial charge in [-0.2, -0.15) is 13.2 Å². The fourth-order valence-corrected chi connectivity index (χ4v) is 2.56. The van der Waals surface area contributed by atoms with Gasteiger partial charge in [-0.05, 0) is 37.1 Å². The number of carboxylic acids is 1. The van der Waals surface area contributed by atoms with Crippen molar-refractivity contribution < 1.29 is 27.9 Å². The van der Waals surface area contributed by atoms with E-state index in [0.717, 1.165) is 17.7 Å². The molecular formula is C20H20F3NO3. The van der Waals surface area contributed by atoms with E-state index in [1.807, 2.05) is 0 Å². The van der Waals surface area contributed by atoms with Gasteiger partial charge in [-0.3, -0.25) is 4.79 Å². The number of carbonyl (C=O) groups is 2. The summed E-state index contributed by atoms with van der Waals surface area (Å²) < 4.78 is 38.1. The zero-order valence-corrected chi connectivity index (χ0v) is 15.0. The van der Waals surface area contributed by atoms with Crippen molar-refractivity contribution in [2.45, 2.75) is 38.5 Å². The summed E-state index contributed by atoms with van der Waals surface area (Å²) in [6.07, 6.45) is -4.46. The molecule has 7 heteroatoms. The lowest BCUT2D eigenvalue weighted by Crippen LogP contribution is -2.53. The van der Waals surface area contributed by atoms with Crippen LogP contribution in [0.1, 0.15) is 30.5 Å². The summed E-state index contributed by atoms with van der Waals surface area (Å²) in [7, 11) is 0. The predicted molar refractivity (Wildman–Crippen MR) is 93.9 cm³/mol. The number of hydrogen-bond acceptors (Lipinski definition) is 2. The number of nitrogens with zero attached hydrogens (tertiary/aromatic N) is 1. The monoisotopic (exact) mass is 379 g/mol. The van der Waals surface area contributed by atoms with Crippen LogP contribution in [0.2, 0.25) is 0 Å². The van der Waals surface area contributed by atoms with Gasteiger partial charge in [0.1, 0.15) is 5.54 Å². The molecule has 0 aliphatic carbocycles. The van der Waals surface area contributed by atoms with E-state index < -0.39 is 29.2 Å². The molecule has 0 heterocycles. The first-order valence-electron chi connectivity index (χ1n) is 8.25. The molecule has 0 aromatic heterocycles. The van der Waals surface area contributed by atoms with Crippen molar-refractivity contribution in [1.82, 2.24) is 4.90 Å². The maximum absolute atomic E-state index is 12.8. The molecule has 0 saturated heterocycles. The van der Waals surface area contributed by atoms with E-state index in [9.17, 15) is 27.9 Å². The molecule has 27 heavy (non-hydrogen) atoms. The molecule has 0 radical (unpaired) electrons. The van der Waals surface area contributed by atoms with E-state index in [0.29, 0.717) is 5.56 Å². The van der Waals surface area contributed by atoms with Gasteiger partial charge < -0.3 is 10.0 Å². The Morgan fingerprint density at radius 3 is 1.96 bits per heavy atom. The molecule has 1 amide bonds. The molecule has 0 unspecified atom stereocenters. The standard InChI is InChI=1S/C20H20F3NO3/c1-19(2,18(26)27)24(17(25)12-14-6-4-3-5-7-14)13-15-8-10-16(11-9-15)20(21,22)23/h3-11H,12-13H2,1-2H3,(H,26,27). The molecule has 0 saturated carbocycles. The summed E-state index contributed by atoms with van der Waals surface area (Å²) in [6, 6.07) is 13.2. The lowest BCUT2D eigenvalue weighted by atomic mass is 9.99. The summed E-state index contributed by atoms with van der Waals surface area (Å²) in [5, 5.41) is 9.51. The molecule has 0 aliphatic heterocycles. The Hall–Kier alpha value is -2.83. The normalized spacial score (nSPS) is 11.9. The highest BCUT2D eigenvalue weighted by Crippen LogP contribution is 2.29. The average Bonchev–Trinajstić information content (AvgIpc) is 2.59. The second kappa shape index (κ2) is 7.82. The number of carboxylic acid groups (broad SMARTS) is 1. The van der Waals surface area contributed by atoms with Crippen molar-refractivity contribution in [2.75, 3.05) is 0 Å². The zero-order chi connectivity index (χ0) is 20.2. The molecule has 0 aliphatic rings. The fourth-order valence-electron chi connectivity index (χ4n) is 2.56. The van der Waals surface area contributed by atoms with E-state index >= 15 is 0 Å². The van der Waals surface area contributed by atoms with Gasteiger partial charge in [0.05, 0.1) is 12.0 Å². The molecular weight excluding hydrogens is 359 g/mol. The first-order valence-corrected chi connectivity index (χ1v) is 8.25.